The zero-order chi connectivity index (χ0) is 15.6. The minimum absolute atomic E-state index is 0. The molecule has 0 saturated heterocycles. The molecule has 0 aromatic heterocycles. The smallest absolute Gasteiger partial charge is 0.325 e. The van der Waals surface area contributed by atoms with Gasteiger partial charge < -0.3 is 5.73 Å². The fraction of sp³-hybridized carbons (Fsp3) is 0.333. The van der Waals surface area contributed by atoms with Crippen LogP contribution in [0.1, 0.15) is 16.7 Å². The predicted molar refractivity (Wildman–Crippen MR) is 65.6 cm³/mol. The summed E-state index contributed by atoms with van der Waals surface area (Å²) in [4.78, 5) is 0. The maximum absolute atomic E-state index is 12.8. The SMILES string of the molecule is Cl.NCC(F)=CCc1cc(C(F)(F)F)cc(C(F)(F)F)c1. The van der Waals surface area contributed by atoms with Gasteiger partial charge in [0.25, 0.3) is 0 Å². The molecule has 0 radical (unpaired) electrons. The lowest BCUT2D eigenvalue weighted by Gasteiger charge is -2.13. The Hall–Kier alpha value is -1.28. The second kappa shape index (κ2) is 7.13. The van der Waals surface area contributed by atoms with Gasteiger partial charge in [-0.15, -0.1) is 12.4 Å². The van der Waals surface area contributed by atoms with Crippen molar-refractivity contribution in [2.45, 2.75) is 18.8 Å². The Morgan fingerprint density at radius 2 is 1.38 bits per heavy atom. The molecule has 0 atom stereocenters. The minimum Gasteiger partial charge on any atom is -0.325 e. The van der Waals surface area contributed by atoms with Crippen molar-refractivity contribution < 1.29 is 30.7 Å². The van der Waals surface area contributed by atoms with Gasteiger partial charge in [0, 0.05) is 6.54 Å². The van der Waals surface area contributed by atoms with Gasteiger partial charge in [-0.3, -0.25) is 0 Å². The van der Waals surface area contributed by atoms with Crippen molar-refractivity contribution in [1.29, 1.82) is 0 Å². The molecule has 21 heavy (non-hydrogen) atoms. The highest BCUT2D eigenvalue weighted by molar-refractivity contribution is 5.85. The van der Waals surface area contributed by atoms with E-state index in [4.69, 9.17) is 5.73 Å². The number of halogens is 8. The lowest BCUT2D eigenvalue weighted by Crippen LogP contribution is -2.11. The fourth-order valence-electron chi connectivity index (χ4n) is 1.45. The van der Waals surface area contributed by atoms with Gasteiger partial charge >= 0.3 is 12.4 Å². The summed E-state index contributed by atoms with van der Waals surface area (Å²) in [5.74, 6) is -0.809. The van der Waals surface area contributed by atoms with Gasteiger partial charge in [-0.05, 0) is 36.3 Å². The highest BCUT2D eigenvalue weighted by Gasteiger charge is 2.36. The van der Waals surface area contributed by atoms with Crippen LogP contribution in [-0.4, -0.2) is 6.54 Å². The number of hydrogen-bond acceptors (Lipinski definition) is 1. The monoisotopic (exact) mass is 337 g/mol. The Bertz CT molecular complexity index is 473. The van der Waals surface area contributed by atoms with Gasteiger partial charge in [-0.1, -0.05) is 0 Å². The van der Waals surface area contributed by atoms with Gasteiger partial charge in [-0.2, -0.15) is 26.3 Å². The third kappa shape index (κ3) is 5.92. The minimum atomic E-state index is -4.91. The molecule has 1 aromatic carbocycles. The number of alkyl halides is 6. The highest BCUT2D eigenvalue weighted by Crippen LogP contribution is 2.36. The van der Waals surface area contributed by atoms with E-state index in [1.54, 1.807) is 0 Å². The molecule has 0 spiro atoms. The standard InChI is InChI=1S/C12H10F7N.ClH/c13-10(6-20)2-1-7-3-8(11(14,15)16)5-9(4-7)12(17,18)19;/h2-5H,1,6,20H2;1H. The first kappa shape index (κ1) is 19.7. The molecule has 0 unspecified atom stereocenters. The van der Waals surface area contributed by atoms with Gasteiger partial charge in [0.15, 0.2) is 0 Å². The van der Waals surface area contributed by atoms with E-state index in [1.807, 2.05) is 0 Å². The molecule has 1 rings (SSSR count). The Morgan fingerprint density at radius 3 is 1.71 bits per heavy atom. The van der Waals surface area contributed by atoms with Crippen molar-refractivity contribution in [3.63, 3.8) is 0 Å². The van der Waals surface area contributed by atoms with E-state index in [2.05, 4.69) is 0 Å². The average molecular weight is 338 g/mol. The van der Waals surface area contributed by atoms with E-state index in [1.165, 1.54) is 0 Å². The van der Waals surface area contributed by atoms with Crippen LogP contribution < -0.4 is 5.73 Å². The predicted octanol–water partition coefficient (Wildman–Crippen LogP) is 4.50. The maximum atomic E-state index is 12.8. The quantitative estimate of drug-likeness (QED) is 0.807. The van der Waals surface area contributed by atoms with E-state index in [-0.39, 0.29) is 24.0 Å². The van der Waals surface area contributed by atoms with Crippen LogP contribution in [0, 0.1) is 0 Å². The van der Waals surface area contributed by atoms with E-state index in [0.29, 0.717) is 12.1 Å². The Labute approximate surface area is 122 Å². The van der Waals surface area contributed by atoms with Crippen molar-refractivity contribution in [2.75, 3.05) is 6.54 Å². The van der Waals surface area contributed by atoms with Crippen LogP contribution in [0.5, 0.6) is 0 Å². The number of benzene rings is 1. The first-order valence-electron chi connectivity index (χ1n) is 5.37. The molecule has 0 bridgehead atoms. The van der Waals surface area contributed by atoms with Crippen LogP contribution >= 0.6 is 12.4 Å². The zero-order valence-corrected chi connectivity index (χ0v) is 11.2. The van der Waals surface area contributed by atoms with Crippen LogP contribution in [0.15, 0.2) is 30.1 Å². The van der Waals surface area contributed by atoms with Gasteiger partial charge in [0.05, 0.1) is 11.1 Å². The van der Waals surface area contributed by atoms with Crippen LogP contribution in [-0.2, 0) is 18.8 Å². The third-order valence-electron chi connectivity index (χ3n) is 2.40. The summed E-state index contributed by atoms with van der Waals surface area (Å²) < 4.78 is 87.9. The molecule has 9 heteroatoms. The number of hydrogen-bond donors (Lipinski definition) is 1. The summed E-state index contributed by atoms with van der Waals surface area (Å²) in [7, 11) is 0. The third-order valence-corrected chi connectivity index (χ3v) is 2.40. The highest BCUT2D eigenvalue weighted by atomic mass is 35.5. The molecule has 0 heterocycles. The van der Waals surface area contributed by atoms with Crippen molar-refractivity contribution in [2.24, 2.45) is 5.73 Å². The Balaban J connectivity index is 0.00000400. The second-order valence-electron chi connectivity index (χ2n) is 3.97. The molecular weight excluding hydrogens is 327 g/mol. The van der Waals surface area contributed by atoms with E-state index in [9.17, 15) is 30.7 Å². The molecule has 1 aromatic rings. The molecule has 0 fully saturated rings. The van der Waals surface area contributed by atoms with E-state index in [0.717, 1.165) is 6.08 Å². The Morgan fingerprint density at radius 1 is 0.952 bits per heavy atom. The normalized spacial score (nSPS) is 13.0. The number of allylic oxidation sites excluding steroid dienone is 1. The molecule has 0 aliphatic carbocycles. The molecule has 120 valence electrons. The van der Waals surface area contributed by atoms with Crippen LogP contribution in [0.4, 0.5) is 30.7 Å². The Kier molecular flexibility index (Phi) is 6.69. The van der Waals surface area contributed by atoms with E-state index < -0.39 is 42.3 Å². The molecule has 0 amide bonds. The molecule has 0 aliphatic rings. The molecule has 0 saturated carbocycles. The summed E-state index contributed by atoms with van der Waals surface area (Å²) in [6, 6.07) is 1.12. The van der Waals surface area contributed by atoms with E-state index >= 15 is 0 Å². The van der Waals surface area contributed by atoms with Crippen molar-refractivity contribution >= 4 is 12.4 Å². The van der Waals surface area contributed by atoms with Gasteiger partial charge in [0.2, 0.25) is 0 Å². The number of rotatable bonds is 3. The second-order valence-corrected chi connectivity index (χ2v) is 3.97. The average Bonchev–Trinajstić information content (AvgIpc) is 2.33. The van der Waals surface area contributed by atoms with Crippen molar-refractivity contribution in [1.82, 2.24) is 0 Å². The summed E-state index contributed by atoms with van der Waals surface area (Å²) in [6.07, 6.45) is -9.38. The largest absolute Gasteiger partial charge is 0.416 e. The summed E-state index contributed by atoms with van der Waals surface area (Å²) >= 11 is 0. The maximum Gasteiger partial charge on any atom is 0.416 e. The lowest BCUT2D eigenvalue weighted by molar-refractivity contribution is -0.143. The molecular formula is C12H11ClF7N. The topological polar surface area (TPSA) is 26.0 Å². The molecule has 2 N–H and O–H groups in total. The number of nitrogens with two attached hydrogens (primary N) is 1. The molecule has 1 nitrogen and oxygen atoms in total. The fourth-order valence-corrected chi connectivity index (χ4v) is 1.45. The van der Waals surface area contributed by atoms with Crippen molar-refractivity contribution in [3.8, 4) is 0 Å². The van der Waals surface area contributed by atoms with Crippen LogP contribution in [0.25, 0.3) is 0 Å². The first-order valence-corrected chi connectivity index (χ1v) is 5.37. The van der Waals surface area contributed by atoms with Crippen LogP contribution in [0.2, 0.25) is 0 Å². The lowest BCUT2D eigenvalue weighted by atomic mass is 10.0. The van der Waals surface area contributed by atoms with Crippen molar-refractivity contribution in [3.05, 3.63) is 46.8 Å². The summed E-state index contributed by atoms with van der Waals surface area (Å²) in [6.45, 7) is -0.467. The summed E-state index contributed by atoms with van der Waals surface area (Å²) in [5.41, 5.74) is 1.78. The molecule has 0 aliphatic heterocycles. The van der Waals surface area contributed by atoms with Gasteiger partial charge in [0.1, 0.15) is 5.83 Å². The van der Waals surface area contributed by atoms with Gasteiger partial charge in [-0.25, -0.2) is 4.39 Å². The zero-order valence-electron chi connectivity index (χ0n) is 10.4. The summed E-state index contributed by atoms with van der Waals surface area (Å²) in [5, 5.41) is 0. The first-order chi connectivity index (χ1) is 9.04. The van der Waals surface area contributed by atoms with Crippen LogP contribution in [0.3, 0.4) is 0 Å².